The fourth-order valence-corrected chi connectivity index (χ4v) is 3.09. The van der Waals surface area contributed by atoms with Gasteiger partial charge in [-0.15, -0.1) is 0 Å². The van der Waals surface area contributed by atoms with Gasteiger partial charge in [0.15, 0.2) is 0 Å². The molecule has 2 atom stereocenters. The van der Waals surface area contributed by atoms with E-state index in [1.807, 2.05) is 0 Å². The fourth-order valence-electron chi connectivity index (χ4n) is 3.09. The highest BCUT2D eigenvalue weighted by Gasteiger charge is 2.18. The van der Waals surface area contributed by atoms with E-state index in [0.717, 1.165) is 6.54 Å². The van der Waals surface area contributed by atoms with E-state index in [1.165, 1.54) is 64.8 Å². The van der Waals surface area contributed by atoms with Crippen LogP contribution in [0.1, 0.15) is 32.1 Å². The third-order valence-electron chi connectivity index (χ3n) is 4.39. The summed E-state index contributed by atoms with van der Waals surface area (Å²) < 4.78 is 0. The second-order valence-corrected chi connectivity index (χ2v) is 6.08. The second kappa shape index (κ2) is 7.43. The number of piperazine rings is 1. The SMILES string of the molecule is CN1CCN(CCCNC2CCCC(N)C2)CC1. The van der Waals surface area contributed by atoms with Crippen molar-refractivity contribution in [3.8, 4) is 0 Å². The molecule has 2 fully saturated rings. The van der Waals surface area contributed by atoms with Crippen molar-refractivity contribution in [2.75, 3.05) is 46.3 Å². The predicted molar refractivity (Wildman–Crippen MR) is 76.8 cm³/mol. The normalized spacial score (nSPS) is 31.7. The number of likely N-dealkylation sites (N-methyl/N-ethyl adjacent to an activating group) is 1. The third kappa shape index (κ3) is 4.84. The molecule has 1 saturated carbocycles. The Bertz CT molecular complexity index is 226. The number of hydrogen-bond acceptors (Lipinski definition) is 4. The maximum absolute atomic E-state index is 6.01. The van der Waals surface area contributed by atoms with Gasteiger partial charge in [-0.2, -0.15) is 0 Å². The van der Waals surface area contributed by atoms with E-state index >= 15 is 0 Å². The first kappa shape index (κ1) is 14.3. The number of nitrogens with two attached hydrogens (primary N) is 1. The van der Waals surface area contributed by atoms with Crippen LogP contribution < -0.4 is 11.1 Å². The monoisotopic (exact) mass is 254 g/mol. The summed E-state index contributed by atoms with van der Waals surface area (Å²) in [7, 11) is 2.21. The standard InChI is InChI=1S/C14H30N4/c1-17-8-10-18(11-9-17)7-3-6-16-14-5-2-4-13(15)12-14/h13-14,16H,2-12,15H2,1H3. The molecule has 0 amide bonds. The zero-order valence-corrected chi connectivity index (χ0v) is 11.9. The first-order valence-electron chi connectivity index (χ1n) is 7.64. The Labute approximate surface area is 112 Å². The van der Waals surface area contributed by atoms with Gasteiger partial charge in [-0.1, -0.05) is 6.42 Å². The zero-order valence-electron chi connectivity index (χ0n) is 11.9. The van der Waals surface area contributed by atoms with Crippen LogP contribution in [0.3, 0.4) is 0 Å². The smallest absolute Gasteiger partial charge is 0.0110 e. The molecule has 4 heteroatoms. The first-order valence-corrected chi connectivity index (χ1v) is 7.64. The Morgan fingerprint density at radius 2 is 1.94 bits per heavy atom. The Hall–Kier alpha value is -0.160. The van der Waals surface area contributed by atoms with E-state index in [1.54, 1.807) is 0 Å². The molecule has 1 aliphatic heterocycles. The zero-order chi connectivity index (χ0) is 12.8. The van der Waals surface area contributed by atoms with Crippen molar-refractivity contribution in [2.45, 2.75) is 44.2 Å². The number of rotatable bonds is 5. The van der Waals surface area contributed by atoms with Crippen LogP contribution >= 0.6 is 0 Å². The van der Waals surface area contributed by atoms with Crippen molar-refractivity contribution < 1.29 is 0 Å². The molecule has 2 rings (SSSR count). The molecule has 106 valence electrons. The summed E-state index contributed by atoms with van der Waals surface area (Å²) >= 11 is 0. The van der Waals surface area contributed by atoms with Gasteiger partial charge in [0.25, 0.3) is 0 Å². The van der Waals surface area contributed by atoms with Crippen molar-refractivity contribution >= 4 is 0 Å². The van der Waals surface area contributed by atoms with Crippen LogP contribution in [0.25, 0.3) is 0 Å². The molecule has 1 heterocycles. The lowest BCUT2D eigenvalue weighted by atomic mass is 9.91. The lowest BCUT2D eigenvalue weighted by Crippen LogP contribution is -2.45. The highest BCUT2D eigenvalue weighted by Crippen LogP contribution is 2.16. The van der Waals surface area contributed by atoms with Crippen LogP contribution in [0.5, 0.6) is 0 Å². The minimum Gasteiger partial charge on any atom is -0.328 e. The summed E-state index contributed by atoms with van der Waals surface area (Å²) in [6.45, 7) is 7.34. The van der Waals surface area contributed by atoms with Crippen LogP contribution in [0, 0.1) is 0 Å². The van der Waals surface area contributed by atoms with E-state index in [2.05, 4.69) is 22.2 Å². The maximum atomic E-state index is 6.01. The summed E-state index contributed by atoms with van der Waals surface area (Å²) in [5, 5.41) is 3.68. The summed E-state index contributed by atoms with van der Waals surface area (Å²) in [6, 6.07) is 1.12. The molecule has 0 bridgehead atoms. The average Bonchev–Trinajstić information content (AvgIpc) is 2.37. The van der Waals surface area contributed by atoms with Crippen LogP contribution in [0.4, 0.5) is 0 Å². The molecule has 0 radical (unpaired) electrons. The topological polar surface area (TPSA) is 44.5 Å². The molecule has 0 aromatic carbocycles. The molecule has 4 nitrogen and oxygen atoms in total. The number of hydrogen-bond donors (Lipinski definition) is 2. The Morgan fingerprint density at radius 1 is 1.17 bits per heavy atom. The summed E-state index contributed by atoms with van der Waals surface area (Å²) in [5.41, 5.74) is 6.01. The molecule has 18 heavy (non-hydrogen) atoms. The van der Waals surface area contributed by atoms with Gasteiger partial charge in [0.05, 0.1) is 0 Å². The van der Waals surface area contributed by atoms with Gasteiger partial charge in [-0.3, -0.25) is 0 Å². The summed E-state index contributed by atoms with van der Waals surface area (Å²) in [6.07, 6.45) is 6.29. The van der Waals surface area contributed by atoms with Gasteiger partial charge in [-0.05, 0) is 45.8 Å². The van der Waals surface area contributed by atoms with Crippen molar-refractivity contribution in [3.05, 3.63) is 0 Å². The van der Waals surface area contributed by atoms with Gasteiger partial charge in [0, 0.05) is 38.3 Å². The molecule has 2 aliphatic rings. The average molecular weight is 254 g/mol. The van der Waals surface area contributed by atoms with Crippen LogP contribution in [-0.4, -0.2) is 68.2 Å². The van der Waals surface area contributed by atoms with Crippen molar-refractivity contribution in [3.63, 3.8) is 0 Å². The lowest BCUT2D eigenvalue weighted by molar-refractivity contribution is 0.152. The van der Waals surface area contributed by atoms with E-state index in [0.29, 0.717) is 12.1 Å². The fraction of sp³-hybridized carbons (Fsp3) is 1.00. The molecule has 0 aromatic rings. The van der Waals surface area contributed by atoms with Crippen LogP contribution in [0.15, 0.2) is 0 Å². The molecular formula is C14H30N4. The highest BCUT2D eigenvalue weighted by atomic mass is 15.2. The molecule has 0 aromatic heterocycles. The van der Waals surface area contributed by atoms with E-state index in [4.69, 9.17) is 5.73 Å². The largest absolute Gasteiger partial charge is 0.328 e. The molecule has 0 spiro atoms. The van der Waals surface area contributed by atoms with Crippen molar-refractivity contribution in [1.29, 1.82) is 0 Å². The van der Waals surface area contributed by atoms with Gasteiger partial charge in [0.1, 0.15) is 0 Å². The lowest BCUT2D eigenvalue weighted by Gasteiger charge is -2.32. The quantitative estimate of drug-likeness (QED) is 0.701. The summed E-state index contributed by atoms with van der Waals surface area (Å²) in [4.78, 5) is 5.01. The highest BCUT2D eigenvalue weighted by molar-refractivity contribution is 4.79. The van der Waals surface area contributed by atoms with Crippen molar-refractivity contribution in [2.24, 2.45) is 5.73 Å². The van der Waals surface area contributed by atoms with Gasteiger partial charge in [0.2, 0.25) is 0 Å². The molecule has 1 aliphatic carbocycles. The van der Waals surface area contributed by atoms with Crippen LogP contribution in [0.2, 0.25) is 0 Å². The Kier molecular flexibility index (Phi) is 5.89. The van der Waals surface area contributed by atoms with E-state index in [9.17, 15) is 0 Å². The van der Waals surface area contributed by atoms with Gasteiger partial charge in [-0.25, -0.2) is 0 Å². The van der Waals surface area contributed by atoms with Crippen molar-refractivity contribution in [1.82, 2.24) is 15.1 Å². The second-order valence-electron chi connectivity index (χ2n) is 6.08. The molecule has 2 unspecified atom stereocenters. The minimum absolute atomic E-state index is 0.439. The Morgan fingerprint density at radius 3 is 2.67 bits per heavy atom. The van der Waals surface area contributed by atoms with Gasteiger partial charge < -0.3 is 20.9 Å². The Balaban J connectivity index is 1.50. The number of nitrogens with one attached hydrogen (secondary N) is 1. The summed E-state index contributed by atoms with van der Waals surface area (Å²) in [5.74, 6) is 0. The van der Waals surface area contributed by atoms with E-state index in [-0.39, 0.29) is 0 Å². The molecular weight excluding hydrogens is 224 g/mol. The number of nitrogens with zero attached hydrogens (tertiary/aromatic N) is 2. The minimum atomic E-state index is 0.439. The van der Waals surface area contributed by atoms with Gasteiger partial charge >= 0.3 is 0 Å². The first-order chi connectivity index (χ1) is 8.74. The van der Waals surface area contributed by atoms with Crippen LogP contribution in [-0.2, 0) is 0 Å². The molecule has 3 N–H and O–H groups in total. The molecule has 1 saturated heterocycles. The third-order valence-corrected chi connectivity index (χ3v) is 4.39. The maximum Gasteiger partial charge on any atom is 0.0110 e. The van der Waals surface area contributed by atoms with E-state index < -0.39 is 0 Å². The predicted octanol–water partition coefficient (Wildman–Crippen LogP) is 0.483.